The summed E-state index contributed by atoms with van der Waals surface area (Å²) < 4.78 is 11.5. The molecule has 6 nitrogen and oxygen atoms in total. The van der Waals surface area contributed by atoms with Crippen molar-refractivity contribution < 1.29 is 14.3 Å². The van der Waals surface area contributed by atoms with Crippen LogP contribution < -0.4 is 5.32 Å². The van der Waals surface area contributed by atoms with E-state index >= 15 is 0 Å². The molecule has 2 aliphatic rings. The van der Waals surface area contributed by atoms with Gasteiger partial charge >= 0.3 is 0 Å². The standard InChI is InChI=1S/C18H22ClN3O3/c1-20-17(23)18(24-7-8-25-18)10-15-16-12(5-6-22(15)2)13-9-11(19)3-4-14(13)21-16/h3-4,9,15,21H,5-8,10H2,1-2H3,(H,20,23). The molecule has 2 aliphatic heterocycles. The van der Waals surface area contributed by atoms with E-state index in [0.717, 1.165) is 34.6 Å². The highest BCUT2D eigenvalue weighted by Gasteiger charge is 2.48. The summed E-state index contributed by atoms with van der Waals surface area (Å²) in [6.07, 6.45) is 1.38. The van der Waals surface area contributed by atoms with Crippen LogP contribution >= 0.6 is 11.6 Å². The monoisotopic (exact) mass is 363 g/mol. The minimum absolute atomic E-state index is 0.00493. The molecule has 0 radical (unpaired) electrons. The number of halogens is 1. The lowest BCUT2D eigenvalue weighted by molar-refractivity contribution is -0.189. The molecule has 0 saturated carbocycles. The van der Waals surface area contributed by atoms with Gasteiger partial charge in [-0.2, -0.15) is 0 Å². The van der Waals surface area contributed by atoms with Crippen LogP contribution in [0.1, 0.15) is 23.7 Å². The third-order valence-corrected chi connectivity index (χ3v) is 5.50. The number of nitrogens with one attached hydrogen (secondary N) is 2. The number of rotatable bonds is 3. The van der Waals surface area contributed by atoms with Gasteiger partial charge in [0.1, 0.15) is 0 Å². The smallest absolute Gasteiger partial charge is 0.280 e. The molecule has 2 aromatic rings. The maximum absolute atomic E-state index is 12.4. The van der Waals surface area contributed by atoms with Crippen molar-refractivity contribution in [1.82, 2.24) is 15.2 Å². The van der Waals surface area contributed by atoms with Gasteiger partial charge < -0.3 is 19.8 Å². The number of carbonyl (C=O) groups excluding carboxylic acids is 1. The van der Waals surface area contributed by atoms with Gasteiger partial charge in [-0.1, -0.05) is 11.6 Å². The number of nitrogens with zero attached hydrogens (tertiary/aromatic N) is 1. The number of hydrogen-bond donors (Lipinski definition) is 2. The van der Waals surface area contributed by atoms with E-state index in [4.69, 9.17) is 21.1 Å². The van der Waals surface area contributed by atoms with Crippen molar-refractivity contribution in [3.8, 4) is 0 Å². The van der Waals surface area contributed by atoms with Crippen LogP contribution in [0.15, 0.2) is 18.2 Å². The Morgan fingerprint density at radius 1 is 1.44 bits per heavy atom. The number of likely N-dealkylation sites (N-methyl/N-ethyl adjacent to an activating group) is 2. The van der Waals surface area contributed by atoms with Crippen LogP contribution in [0, 0.1) is 0 Å². The third-order valence-electron chi connectivity index (χ3n) is 5.27. The topological polar surface area (TPSA) is 66.6 Å². The molecular formula is C18H22ClN3O3. The first-order valence-corrected chi connectivity index (χ1v) is 8.92. The van der Waals surface area contributed by atoms with Crippen molar-refractivity contribution in [1.29, 1.82) is 0 Å². The predicted molar refractivity (Wildman–Crippen MR) is 95.7 cm³/mol. The summed E-state index contributed by atoms with van der Waals surface area (Å²) in [5.41, 5.74) is 3.45. The Balaban J connectivity index is 1.75. The van der Waals surface area contributed by atoms with E-state index in [9.17, 15) is 4.79 Å². The Morgan fingerprint density at radius 2 is 2.20 bits per heavy atom. The van der Waals surface area contributed by atoms with Crippen molar-refractivity contribution in [2.24, 2.45) is 0 Å². The number of aromatic amines is 1. The number of benzene rings is 1. The molecule has 0 spiro atoms. The van der Waals surface area contributed by atoms with E-state index in [0.29, 0.717) is 19.6 Å². The summed E-state index contributed by atoms with van der Waals surface area (Å²) in [5, 5.41) is 4.56. The van der Waals surface area contributed by atoms with Crippen molar-refractivity contribution in [3.05, 3.63) is 34.5 Å². The molecule has 1 aromatic carbocycles. The Labute approximate surface area is 151 Å². The zero-order chi connectivity index (χ0) is 17.6. The zero-order valence-corrected chi connectivity index (χ0v) is 15.2. The molecule has 4 rings (SSSR count). The van der Waals surface area contributed by atoms with E-state index < -0.39 is 5.79 Å². The summed E-state index contributed by atoms with van der Waals surface area (Å²) in [5.74, 6) is -1.46. The van der Waals surface area contributed by atoms with Crippen LogP contribution in [0.4, 0.5) is 0 Å². The van der Waals surface area contributed by atoms with E-state index in [1.807, 2.05) is 18.2 Å². The second-order valence-corrected chi connectivity index (χ2v) is 7.12. The van der Waals surface area contributed by atoms with Crippen molar-refractivity contribution in [2.75, 3.05) is 33.9 Å². The maximum atomic E-state index is 12.4. The zero-order valence-electron chi connectivity index (χ0n) is 14.4. The first kappa shape index (κ1) is 16.8. The lowest BCUT2D eigenvalue weighted by atomic mass is 9.92. The molecule has 0 aliphatic carbocycles. The van der Waals surface area contributed by atoms with Crippen molar-refractivity contribution in [2.45, 2.75) is 24.7 Å². The fourth-order valence-electron chi connectivity index (χ4n) is 3.96. The number of ether oxygens (including phenoxy) is 2. The number of H-pyrrole nitrogens is 1. The predicted octanol–water partition coefficient (Wildman–Crippen LogP) is 2.23. The van der Waals surface area contributed by atoms with Gasteiger partial charge in [0.2, 0.25) is 0 Å². The molecule has 25 heavy (non-hydrogen) atoms. The highest BCUT2D eigenvalue weighted by Crippen LogP contribution is 2.40. The van der Waals surface area contributed by atoms with Gasteiger partial charge in [0, 0.05) is 41.6 Å². The highest BCUT2D eigenvalue weighted by atomic mass is 35.5. The molecule has 0 bridgehead atoms. The first-order valence-electron chi connectivity index (χ1n) is 8.54. The van der Waals surface area contributed by atoms with Gasteiger partial charge in [0.25, 0.3) is 11.7 Å². The van der Waals surface area contributed by atoms with Gasteiger partial charge in [-0.15, -0.1) is 0 Å². The lowest BCUT2D eigenvalue weighted by Gasteiger charge is -2.37. The van der Waals surface area contributed by atoms with Gasteiger partial charge in [-0.05, 0) is 37.2 Å². The Kier molecular flexibility index (Phi) is 4.24. The number of amides is 1. The van der Waals surface area contributed by atoms with Crippen LogP contribution in [0.5, 0.6) is 0 Å². The molecule has 1 saturated heterocycles. The minimum atomic E-state index is -1.22. The maximum Gasteiger partial charge on any atom is 0.280 e. The van der Waals surface area contributed by atoms with Gasteiger partial charge in [0.15, 0.2) is 0 Å². The summed E-state index contributed by atoms with van der Waals surface area (Å²) in [7, 11) is 3.68. The third kappa shape index (κ3) is 2.73. The number of carbonyl (C=O) groups is 1. The van der Waals surface area contributed by atoms with Crippen molar-refractivity contribution >= 4 is 28.4 Å². The van der Waals surface area contributed by atoms with Gasteiger partial charge in [0.05, 0.1) is 19.3 Å². The number of fused-ring (bicyclic) bond motifs is 3. The van der Waals surface area contributed by atoms with Gasteiger partial charge in [-0.25, -0.2) is 0 Å². The summed E-state index contributed by atoms with van der Waals surface area (Å²) in [4.78, 5) is 18.2. The highest BCUT2D eigenvalue weighted by molar-refractivity contribution is 6.31. The average Bonchev–Trinajstić information content (AvgIpc) is 3.22. The Bertz CT molecular complexity index is 813. The largest absolute Gasteiger partial charge is 0.357 e. The molecular weight excluding hydrogens is 342 g/mol. The van der Waals surface area contributed by atoms with Crippen LogP contribution in [-0.2, 0) is 20.7 Å². The molecule has 1 amide bonds. The van der Waals surface area contributed by atoms with Gasteiger partial charge in [-0.3, -0.25) is 9.69 Å². The van der Waals surface area contributed by atoms with E-state index in [1.165, 1.54) is 5.56 Å². The molecule has 2 N–H and O–H groups in total. The average molecular weight is 364 g/mol. The fraction of sp³-hybridized carbons (Fsp3) is 0.500. The SMILES string of the molecule is CNC(=O)C1(CC2c3[nH]c4ccc(Cl)cc4c3CCN2C)OCCO1. The summed E-state index contributed by atoms with van der Waals surface area (Å²) in [6.45, 7) is 1.76. The summed E-state index contributed by atoms with van der Waals surface area (Å²) >= 11 is 6.19. The first-order chi connectivity index (χ1) is 12.0. The summed E-state index contributed by atoms with van der Waals surface area (Å²) in [6, 6.07) is 5.90. The molecule has 3 heterocycles. The normalized spacial score (nSPS) is 22.9. The Morgan fingerprint density at radius 3 is 2.92 bits per heavy atom. The molecule has 1 aromatic heterocycles. The quantitative estimate of drug-likeness (QED) is 0.877. The van der Waals surface area contributed by atoms with Crippen LogP contribution in [-0.4, -0.2) is 55.4 Å². The van der Waals surface area contributed by atoms with E-state index in [2.05, 4.69) is 22.2 Å². The van der Waals surface area contributed by atoms with E-state index in [1.54, 1.807) is 7.05 Å². The second-order valence-electron chi connectivity index (χ2n) is 6.69. The molecule has 1 unspecified atom stereocenters. The molecule has 1 atom stereocenters. The minimum Gasteiger partial charge on any atom is -0.357 e. The molecule has 134 valence electrons. The van der Waals surface area contributed by atoms with Crippen LogP contribution in [0.2, 0.25) is 5.02 Å². The fourth-order valence-corrected chi connectivity index (χ4v) is 4.13. The van der Waals surface area contributed by atoms with E-state index in [-0.39, 0.29) is 11.9 Å². The Hall–Kier alpha value is -1.60. The lowest BCUT2D eigenvalue weighted by Crippen LogP contribution is -2.50. The molecule has 7 heteroatoms. The van der Waals surface area contributed by atoms with Crippen LogP contribution in [0.25, 0.3) is 10.9 Å². The number of aromatic nitrogens is 1. The number of hydrogen-bond acceptors (Lipinski definition) is 4. The van der Waals surface area contributed by atoms with Crippen LogP contribution in [0.3, 0.4) is 0 Å². The van der Waals surface area contributed by atoms with Crippen molar-refractivity contribution in [3.63, 3.8) is 0 Å². The molecule has 1 fully saturated rings. The second kappa shape index (κ2) is 6.29.